The molecule has 2 heterocycles. The van der Waals surface area contributed by atoms with Crippen LogP contribution in [0.5, 0.6) is 0 Å². The van der Waals surface area contributed by atoms with Crippen molar-refractivity contribution in [3.05, 3.63) is 54.4 Å². The van der Waals surface area contributed by atoms with Gasteiger partial charge in [-0.3, -0.25) is 4.79 Å². The fourth-order valence-electron chi connectivity index (χ4n) is 3.59. The maximum Gasteiger partial charge on any atom is 0.243 e. The number of benzene rings is 2. The second-order valence-electron chi connectivity index (χ2n) is 7.02. The third-order valence-electron chi connectivity index (χ3n) is 5.15. The average molecular weight is 433 g/mol. The lowest BCUT2D eigenvalue weighted by Crippen LogP contribution is -2.38. The van der Waals surface area contributed by atoms with Crippen LogP contribution in [0.4, 0.5) is 5.69 Å². The Kier molecular flexibility index (Phi) is 5.58. The fraction of sp³-hybridized carbons (Fsp3) is 0.300. The van der Waals surface area contributed by atoms with Crippen LogP contribution < -0.4 is 5.32 Å². The Labute approximate surface area is 174 Å². The second kappa shape index (κ2) is 8.14. The molecule has 1 aliphatic rings. The number of H-pyrrole nitrogens is 1. The number of rotatable bonds is 5. The molecule has 9 heteroatoms. The number of sulfonamides is 1. The molecule has 0 spiro atoms. The van der Waals surface area contributed by atoms with Crippen molar-refractivity contribution in [3.8, 4) is 0 Å². The van der Waals surface area contributed by atoms with Crippen LogP contribution in [0.15, 0.2) is 53.4 Å². The quantitative estimate of drug-likeness (QED) is 0.604. The largest absolute Gasteiger partial charge is 0.342 e. The van der Waals surface area contributed by atoms with Crippen molar-refractivity contribution in [2.45, 2.75) is 23.7 Å². The number of anilines is 1. The Bertz CT molecular complexity index is 1090. The minimum absolute atomic E-state index is 0.153. The van der Waals surface area contributed by atoms with Crippen molar-refractivity contribution in [1.82, 2.24) is 14.3 Å². The Balaban J connectivity index is 1.43. The van der Waals surface area contributed by atoms with Crippen molar-refractivity contribution in [2.24, 2.45) is 0 Å². The Morgan fingerprint density at radius 3 is 2.48 bits per heavy atom. The molecule has 7 nitrogen and oxygen atoms in total. The van der Waals surface area contributed by atoms with Crippen molar-refractivity contribution in [3.63, 3.8) is 0 Å². The molecule has 1 aliphatic heterocycles. The molecule has 0 atom stereocenters. The van der Waals surface area contributed by atoms with Crippen molar-refractivity contribution in [2.75, 3.05) is 24.3 Å². The average Bonchev–Trinajstić information content (AvgIpc) is 3.18. The van der Waals surface area contributed by atoms with Crippen LogP contribution >= 0.6 is 11.6 Å². The van der Waals surface area contributed by atoms with Gasteiger partial charge in [0, 0.05) is 24.7 Å². The highest BCUT2D eigenvalue weighted by atomic mass is 35.5. The molecular formula is C20H21ClN4O3S. The number of aromatic amines is 1. The summed E-state index contributed by atoms with van der Waals surface area (Å²) < 4.78 is 27.4. The summed E-state index contributed by atoms with van der Waals surface area (Å²) in [6, 6.07) is 14.0. The van der Waals surface area contributed by atoms with Gasteiger partial charge in [-0.15, -0.1) is 11.6 Å². The van der Waals surface area contributed by atoms with Crippen LogP contribution in [0.25, 0.3) is 11.0 Å². The molecule has 1 aromatic heterocycles. The van der Waals surface area contributed by atoms with Crippen molar-refractivity contribution in [1.29, 1.82) is 0 Å². The Morgan fingerprint density at radius 1 is 1.14 bits per heavy atom. The summed E-state index contributed by atoms with van der Waals surface area (Å²) in [6.07, 6.45) is 1.42. The Hall–Kier alpha value is -2.42. The number of halogens is 1. The maximum absolute atomic E-state index is 13.0. The van der Waals surface area contributed by atoms with Gasteiger partial charge in [-0.25, -0.2) is 13.4 Å². The molecule has 29 heavy (non-hydrogen) atoms. The normalized spacial score (nSPS) is 16.2. The van der Waals surface area contributed by atoms with E-state index in [1.807, 2.05) is 24.3 Å². The number of imidazole rings is 1. The second-order valence-corrected chi connectivity index (χ2v) is 9.23. The van der Waals surface area contributed by atoms with Gasteiger partial charge in [0.05, 0.1) is 15.9 Å². The third-order valence-corrected chi connectivity index (χ3v) is 7.30. The predicted octanol–water partition coefficient (Wildman–Crippen LogP) is 3.31. The van der Waals surface area contributed by atoms with Gasteiger partial charge in [0.2, 0.25) is 15.9 Å². The van der Waals surface area contributed by atoms with Crippen LogP contribution in [-0.4, -0.2) is 47.6 Å². The zero-order valence-electron chi connectivity index (χ0n) is 15.6. The van der Waals surface area contributed by atoms with E-state index in [9.17, 15) is 13.2 Å². The van der Waals surface area contributed by atoms with Gasteiger partial charge in [-0.1, -0.05) is 12.1 Å². The third kappa shape index (κ3) is 4.14. The topological polar surface area (TPSA) is 95.2 Å². The highest BCUT2D eigenvalue weighted by Gasteiger charge is 2.31. The van der Waals surface area contributed by atoms with Crippen LogP contribution in [0, 0.1) is 0 Å². The molecule has 152 valence electrons. The molecule has 1 fully saturated rings. The minimum atomic E-state index is -3.58. The summed E-state index contributed by atoms with van der Waals surface area (Å²) in [4.78, 5) is 19.6. The highest BCUT2D eigenvalue weighted by Crippen LogP contribution is 2.30. The predicted molar refractivity (Wildman–Crippen MR) is 113 cm³/mol. The molecule has 3 aromatic rings. The van der Waals surface area contributed by atoms with Gasteiger partial charge < -0.3 is 10.3 Å². The van der Waals surface area contributed by atoms with E-state index in [0.29, 0.717) is 31.6 Å². The van der Waals surface area contributed by atoms with Gasteiger partial charge in [-0.2, -0.15) is 4.31 Å². The Morgan fingerprint density at radius 2 is 1.83 bits per heavy atom. The van der Waals surface area contributed by atoms with Crippen LogP contribution in [0.3, 0.4) is 0 Å². The number of nitrogens with one attached hydrogen (secondary N) is 2. The summed E-state index contributed by atoms with van der Waals surface area (Å²) in [7, 11) is -3.58. The van der Waals surface area contributed by atoms with E-state index in [0.717, 1.165) is 16.9 Å². The van der Waals surface area contributed by atoms with Gasteiger partial charge in [0.25, 0.3) is 0 Å². The molecule has 0 unspecified atom stereocenters. The van der Waals surface area contributed by atoms with Crippen LogP contribution in [-0.2, 0) is 14.8 Å². The van der Waals surface area contributed by atoms with E-state index in [2.05, 4.69) is 15.3 Å². The summed E-state index contributed by atoms with van der Waals surface area (Å²) in [5, 5.41) is 2.59. The number of hydrogen-bond acceptors (Lipinski definition) is 4. The first kappa shape index (κ1) is 19.9. The number of fused-ring (bicyclic) bond motifs is 1. The fourth-order valence-corrected chi connectivity index (χ4v) is 5.13. The lowest BCUT2D eigenvalue weighted by molar-refractivity contribution is -0.113. The molecule has 0 saturated carbocycles. The van der Waals surface area contributed by atoms with Crippen LogP contribution in [0.1, 0.15) is 24.6 Å². The molecular weight excluding hydrogens is 412 g/mol. The number of alkyl halides is 1. The monoisotopic (exact) mass is 432 g/mol. The smallest absolute Gasteiger partial charge is 0.243 e. The summed E-state index contributed by atoms with van der Waals surface area (Å²) in [6.45, 7) is 0.879. The number of nitrogens with zero attached hydrogens (tertiary/aromatic N) is 2. The van der Waals surface area contributed by atoms with E-state index in [1.165, 1.54) is 16.4 Å². The highest BCUT2D eigenvalue weighted by molar-refractivity contribution is 7.89. The molecule has 0 radical (unpaired) electrons. The van der Waals surface area contributed by atoms with Crippen molar-refractivity contribution >= 4 is 44.3 Å². The van der Waals surface area contributed by atoms with Crippen LogP contribution in [0.2, 0.25) is 0 Å². The zero-order chi connectivity index (χ0) is 20.4. The van der Waals surface area contributed by atoms with Crippen molar-refractivity contribution < 1.29 is 13.2 Å². The standard InChI is InChI=1S/C20H21ClN4O3S/c21-13-19(26)22-15-5-7-16(8-6-15)29(27,28)25-11-9-14(10-12-25)20-23-17-3-1-2-4-18(17)24-20/h1-8,14H,9-13H2,(H,22,26)(H,23,24). The first-order valence-corrected chi connectivity index (χ1v) is 11.4. The van der Waals surface area contributed by atoms with E-state index in [4.69, 9.17) is 11.6 Å². The van der Waals surface area contributed by atoms with Gasteiger partial charge in [0.1, 0.15) is 11.7 Å². The molecule has 4 rings (SSSR count). The SMILES string of the molecule is O=C(CCl)Nc1ccc(S(=O)(=O)N2CCC(c3nc4ccccc4[nH]3)CC2)cc1. The number of carbonyl (C=O) groups excluding carboxylic acids is 1. The number of carbonyl (C=O) groups is 1. The number of hydrogen-bond donors (Lipinski definition) is 2. The number of amides is 1. The number of piperidine rings is 1. The molecule has 2 N–H and O–H groups in total. The molecule has 1 saturated heterocycles. The summed E-state index contributed by atoms with van der Waals surface area (Å²) in [5.41, 5.74) is 2.44. The summed E-state index contributed by atoms with van der Waals surface area (Å²) >= 11 is 5.46. The van der Waals surface area contributed by atoms with E-state index in [-0.39, 0.29) is 22.6 Å². The first-order chi connectivity index (χ1) is 14.0. The molecule has 2 aromatic carbocycles. The van der Waals surface area contributed by atoms with Gasteiger partial charge in [0.15, 0.2) is 0 Å². The first-order valence-electron chi connectivity index (χ1n) is 9.38. The zero-order valence-corrected chi connectivity index (χ0v) is 17.2. The minimum Gasteiger partial charge on any atom is -0.342 e. The van der Waals surface area contributed by atoms with E-state index >= 15 is 0 Å². The maximum atomic E-state index is 13.0. The van der Waals surface area contributed by atoms with E-state index in [1.54, 1.807) is 12.1 Å². The number of aromatic nitrogens is 2. The van der Waals surface area contributed by atoms with Gasteiger partial charge in [-0.05, 0) is 49.2 Å². The lowest BCUT2D eigenvalue weighted by atomic mass is 9.97. The molecule has 1 amide bonds. The summed E-state index contributed by atoms with van der Waals surface area (Å²) in [5.74, 6) is 0.639. The molecule has 0 bridgehead atoms. The number of para-hydroxylation sites is 2. The lowest BCUT2D eigenvalue weighted by Gasteiger charge is -2.30. The van der Waals surface area contributed by atoms with E-state index < -0.39 is 10.0 Å². The molecule has 0 aliphatic carbocycles. The van der Waals surface area contributed by atoms with Gasteiger partial charge >= 0.3 is 0 Å².